The first-order valence-corrected chi connectivity index (χ1v) is 8.55. The molecule has 1 saturated heterocycles. The third-order valence-corrected chi connectivity index (χ3v) is 4.45. The molecule has 5 rings (SSSR count). The molecule has 0 spiro atoms. The SMILES string of the molecule is C(#Cc1[nH]nc2ccccc12)c1ccc2oc(N3CCOCC3)nc2c1. The highest BCUT2D eigenvalue weighted by Crippen LogP contribution is 2.23. The minimum Gasteiger partial charge on any atom is -0.423 e. The van der Waals surface area contributed by atoms with Crippen molar-refractivity contribution in [2.24, 2.45) is 0 Å². The Hall–Kier alpha value is -3.30. The van der Waals surface area contributed by atoms with Gasteiger partial charge < -0.3 is 14.1 Å². The van der Waals surface area contributed by atoms with Gasteiger partial charge in [-0.05, 0) is 36.3 Å². The largest absolute Gasteiger partial charge is 0.423 e. The number of H-pyrrole nitrogens is 1. The van der Waals surface area contributed by atoms with Crippen molar-refractivity contribution in [3.05, 3.63) is 53.7 Å². The Morgan fingerprint density at radius 1 is 1.00 bits per heavy atom. The molecule has 128 valence electrons. The lowest BCUT2D eigenvalue weighted by atomic mass is 10.2. The summed E-state index contributed by atoms with van der Waals surface area (Å²) < 4.78 is 11.2. The molecular formula is C20H16N4O2. The molecular weight excluding hydrogens is 328 g/mol. The van der Waals surface area contributed by atoms with Gasteiger partial charge in [0.1, 0.15) is 11.2 Å². The van der Waals surface area contributed by atoms with Gasteiger partial charge in [-0.3, -0.25) is 5.10 Å². The molecule has 0 radical (unpaired) electrons. The Kier molecular flexibility index (Phi) is 3.58. The summed E-state index contributed by atoms with van der Waals surface area (Å²) in [5, 5.41) is 8.28. The summed E-state index contributed by atoms with van der Waals surface area (Å²) in [6.07, 6.45) is 0. The van der Waals surface area contributed by atoms with Gasteiger partial charge in [0.2, 0.25) is 0 Å². The number of anilines is 1. The standard InChI is InChI=1S/C20H16N4O2/c1-2-4-16-15(3-1)17(23-22-16)7-5-14-6-8-19-18(13-14)21-20(26-19)24-9-11-25-12-10-24/h1-4,6,8,13H,9-12H2,(H,22,23). The highest BCUT2D eigenvalue weighted by Gasteiger charge is 2.17. The molecule has 0 amide bonds. The van der Waals surface area contributed by atoms with Gasteiger partial charge in [0.15, 0.2) is 5.58 Å². The zero-order valence-corrected chi connectivity index (χ0v) is 14.0. The Morgan fingerprint density at radius 2 is 1.88 bits per heavy atom. The summed E-state index contributed by atoms with van der Waals surface area (Å²) in [5.74, 6) is 6.35. The average Bonchev–Trinajstić information content (AvgIpc) is 3.31. The van der Waals surface area contributed by atoms with E-state index in [1.165, 1.54) is 0 Å². The lowest BCUT2D eigenvalue weighted by Gasteiger charge is -2.24. The minimum absolute atomic E-state index is 0.646. The number of hydrogen-bond donors (Lipinski definition) is 1. The Bertz CT molecular complexity index is 1140. The van der Waals surface area contributed by atoms with E-state index in [1.54, 1.807) is 0 Å². The maximum Gasteiger partial charge on any atom is 0.298 e. The maximum absolute atomic E-state index is 5.87. The van der Waals surface area contributed by atoms with E-state index in [4.69, 9.17) is 9.15 Å². The van der Waals surface area contributed by atoms with E-state index in [-0.39, 0.29) is 0 Å². The van der Waals surface area contributed by atoms with E-state index in [0.29, 0.717) is 19.2 Å². The quantitative estimate of drug-likeness (QED) is 0.538. The lowest BCUT2D eigenvalue weighted by Crippen LogP contribution is -2.36. The van der Waals surface area contributed by atoms with Crippen LogP contribution in [-0.2, 0) is 4.74 Å². The first-order chi connectivity index (χ1) is 12.9. The van der Waals surface area contributed by atoms with Crippen molar-refractivity contribution in [2.45, 2.75) is 0 Å². The number of nitrogens with one attached hydrogen (secondary N) is 1. The number of morpholine rings is 1. The molecule has 1 aliphatic heterocycles. The van der Waals surface area contributed by atoms with Gasteiger partial charge in [-0.15, -0.1) is 0 Å². The van der Waals surface area contributed by atoms with Crippen molar-refractivity contribution in [1.82, 2.24) is 15.2 Å². The van der Waals surface area contributed by atoms with E-state index in [0.717, 1.165) is 46.3 Å². The van der Waals surface area contributed by atoms with Gasteiger partial charge in [-0.1, -0.05) is 18.1 Å². The summed E-state index contributed by atoms with van der Waals surface area (Å²) in [6, 6.07) is 14.4. The second-order valence-corrected chi connectivity index (χ2v) is 6.14. The highest BCUT2D eigenvalue weighted by molar-refractivity contribution is 5.84. The molecule has 2 aromatic carbocycles. The predicted octanol–water partition coefficient (Wildman–Crippen LogP) is 2.94. The lowest BCUT2D eigenvalue weighted by molar-refractivity contribution is 0.120. The molecule has 3 heterocycles. The van der Waals surface area contributed by atoms with Crippen molar-refractivity contribution in [3.63, 3.8) is 0 Å². The molecule has 0 saturated carbocycles. The Balaban J connectivity index is 1.46. The summed E-state index contributed by atoms with van der Waals surface area (Å²) in [7, 11) is 0. The van der Waals surface area contributed by atoms with E-state index in [9.17, 15) is 0 Å². The van der Waals surface area contributed by atoms with Gasteiger partial charge in [-0.25, -0.2) is 0 Å². The van der Waals surface area contributed by atoms with Crippen LogP contribution in [0, 0.1) is 11.8 Å². The summed E-state index contributed by atoms with van der Waals surface area (Å²) >= 11 is 0. The fourth-order valence-corrected chi connectivity index (χ4v) is 3.07. The molecule has 6 nitrogen and oxygen atoms in total. The van der Waals surface area contributed by atoms with Gasteiger partial charge in [-0.2, -0.15) is 10.1 Å². The fraction of sp³-hybridized carbons (Fsp3) is 0.200. The van der Waals surface area contributed by atoms with Crippen LogP contribution < -0.4 is 4.90 Å². The smallest absolute Gasteiger partial charge is 0.298 e. The highest BCUT2D eigenvalue weighted by atomic mass is 16.5. The third-order valence-electron chi connectivity index (χ3n) is 4.45. The van der Waals surface area contributed by atoms with Crippen LogP contribution in [0.3, 0.4) is 0 Å². The number of benzene rings is 2. The second kappa shape index (κ2) is 6.21. The molecule has 2 aromatic heterocycles. The number of hydrogen-bond acceptors (Lipinski definition) is 5. The van der Waals surface area contributed by atoms with Crippen LogP contribution >= 0.6 is 0 Å². The first-order valence-electron chi connectivity index (χ1n) is 8.55. The molecule has 4 aromatic rings. The molecule has 0 aliphatic carbocycles. The number of para-hydroxylation sites is 1. The van der Waals surface area contributed by atoms with E-state index >= 15 is 0 Å². The monoisotopic (exact) mass is 344 g/mol. The van der Waals surface area contributed by atoms with E-state index in [1.807, 2.05) is 42.5 Å². The second-order valence-electron chi connectivity index (χ2n) is 6.14. The van der Waals surface area contributed by atoms with Crippen molar-refractivity contribution >= 4 is 28.0 Å². The molecule has 0 bridgehead atoms. The van der Waals surface area contributed by atoms with Crippen LogP contribution in [0.1, 0.15) is 11.3 Å². The van der Waals surface area contributed by atoms with Gasteiger partial charge in [0, 0.05) is 24.0 Å². The molecule has 1 aliphatic rings. The molecule has 1 fully saturated rings. The van der Waals surface area contributed by atoms with Crippen molar-refractivity contribution in [2.75, 3.05) is 31.2 Å². The van der Waals surface area contributed by atoms with Crippen molar-refractivity contribution < 1.29 is 9.15 Å². The zero-order valence-electron chi connectivity index (χ0n) is 14.0. The summed E-state index contributed by atoms with van der Waals surface area (Å²) in [5.41, 5.74) is 4.20. The minimum atomic E-state index is 0.646. The van der Waals surface area contributed by atoms with E-state index < -0.39 is 0 Å². The molecule has 1 N–H and O–H groups in total. The van der Waals surface area contributed by atoms with E-state index in [2.05, 4.69) is 31.9 Å². The van der Waals surface area contributed by atoms with Gasteiger partial charge in [0.25, 0.3) is 6.01 Å². The number of aromatic nitrogens is 3. The van der Waals surface area contributed by atoms with Gasteiger partial charge in [0.05, 0.1) is 18.7 Å². The normalized spacial score (nSPS) is 14.5. The fourth-order valence-electron chi connectivity index (χ4n) is 3.07. The molecule has 6 heteroatoms. The van der Waals surface area contributed by atoms with Gasteiger partial charge >= 0.3 is 0 Å². The van der Waals surface area contributed by atoms with Crippen LogP contribution in [-0.4, -0.2) is 41.5 Å². The Labute approximate surface area is 149 Å². The summed E-state index contributed by atoms with van der Waals surface area (Å²) in [6.45, 7) is 3.00. The predicted molar refractivity (Wildman–Crippen MR) is 99.1 cm³/mol. The van der Waals surface area contributed by atoms with Crippen LogP contribution in [0.2, 0.25) is 0 Å². The Morgan fingerprint density at radius 3 is 2.81 bits per heavy atom. The number of ether oxygens (including phenoxy) is 1. The molecule has 26 heavy (non-hydrogen) atoms. The van der Waals surface area contributed by atoms with Crippen molar-refractivity contribution in [1.29, 1.82) is 0 Å². The number of aromatic amines is 1. The number of nitrogens with zero attached hydrogens (tertiary/aromatic N) is 3. The van der Waals surface area contributed by atoms with Crippen LogP contribution in [0.25, 0.3) is 22.0 Å². The molecule has 0 atom stereocenters. The zero-order chi connectivity index (χ0) is 17.3. The maximum atomic E-state index is 5.87. The number of fused-ring (bicyclic) bond motifs is 2. The van der Waals surface area contributed by atoms with Crippen LogP contribution in [0.15, 0.2) is 46.9 Å². The third kappa shape index (κ3) is 2.68. The first kappa shape index (κ1) is 15.0. The van der Waals surface area contributed by atoms with Crippen molar-refractivity contribution in [3.8, 4) is 11.8 Å². The molecule has 0 unspecified atom stereocenters. The number of rotatable bonds is 1. The topological polar surface area (TPSA) is 67.2 Å². The summed E-state index contributed by atoms with van der Waals surface area (Å²) in [4.78, 5) is 6.71. The average molecular weight is 344 g/mol. The van der Waals surface area contributed by atoms with Crippen LogP contribution in [0.4, 0.5) is 6.01 Å². The van der Waals surface area contributed by atoms with Crippen LogP contribution in [0.5, 0.6) is 0 Å². The number of oxazole rings is 1.